The van der Waals surface area contributed by atoms with E-state index in [2.05, 4.69) is 34.6 Å². The highest BCUT2D eigenvalue weighted by Crippen LogP contribution is 2.12. The summed E-state index contributed by atoms with van der Waals surface area (Å²) in [5.41, 5.74) is 7.80. The lowest BCUT2D eigenvalue weighted by Crippen LogP contribution is -2.59. The molecule has 102 valence electrons. The number of hydrogen-bond donors (Lipinski definition) is 3. The van der Waals surface area contributed by atoms with Crippen molar-refractivity contribution in [2.24, 2.45) is 16.8 Å². The fourth-order valence-corrected chi connectivity index (χ4v) is 1.80. The van der Waals surface area contributed by atoms with E-state index in [0.29, 0.717) is 0 Å². The maximum absolute atomic E-state index is 12.2. The fraction of sp³-hybridized carbons (Fsp3) is 0.300. The van der Waals surface area contributed by atoms with Crippen LogP contribution in [0.15, 0.2) is 17.8 Å². The van der Waals surface area contributed by atoms with Gasteiger partial charge in [0, 0.05) is 6.54 Å². The monoisotopic (exact) mass is 299 g/mol. The van der Waals surface area contributed by atoms with Crippen LogP contribution >= 0.6 is 24.4 Å². The summed E-state index contributed by atoms with van der Waals surface area (Å²) in [5.74, 6) is -2.05. The minimum Gasteiger partial charge on any atom is -0.375 e. The van der Waals surface area contributed by atoms with E-state index in [-0.39, 0.29) is 22.5 Å². The Morgan fingerprint density at radius 2 is 2.32 bits per heavy atom. The molecule has 2 amide bonds. The Labute approximate surface area is 120 Å². The molecule has 0 aromatic heterocycles. The number of hydrogen-bond acceptors (Lipinski definition) is 5. The van der Waals surface area contributed by atoms with Crippen LogP contribution in [0, 0.1) is 5.92 Å². The minimum atomic E-state index is -1.06. The Bertz CT molecular complexity index is 488. The Hall–Kier alpha value is -1.87. The molecule has 0 aromatic rings. The normalized spacial score (nSPS) is 20.1. The van der Waals surface area contributed by atoms with Gasteiger partial charge in [-0.2, -0.15) is 5.10 Å². The average Bonchev–Trinajstić information content (AvgIpc) is 2.31. The minimum absolute atomic E-state index is 0.0542. The third kappa shape index (κ3) is 3.55. The van der Waals surface area contributed by atoms with E-state index in [1.165, 1.54) is 17.9 Å². The lowest BCUT2D eigenvalue weighted by molar-refractivity contribution is -0.137. The predicted octanol–water partition coefficient (Wildman–Crippen LogP) is -0.759. The second kappa shape index (κ2) is 6.34. The lowest BCUT2D eigenvalue weighted by Gasteiger charge is -2.31. The number of amides is 2. The summed E-state index contributed by atoms with van der Waals surface area (Å²) >= 11 is 9.51. The van der Waals surface area contributed by atoms with Gasteiger partial charge in [0.1, 0.15) is 0 Å². The highest BCUT2D eigenvalue weighted by Gasteiger charge is 2.39. The first-order valence-corrected chi connectivity index (χ1v) is 6.06. The van der Waals surface area contributed by atoms with Crippen molar-refractivity contribution >= 4 is 52.2 Å². The summed E-state index contributed by atoms with van der Waals surface area (Å²) in [6.07, 6.45) is 1.51. The van der Waals surface area contributed by atoms with Gasteiger partial charge >= 0.3 is 0 Å². The lowest BCUT2D eigenvalue weighted by atomic mass is 10.00. The summed E-state index contributed by atoms with van der Waals surface area (Å²) < 4.78 is 0. The van der Waals surface area contributed by atoms with E-state index in [4.69, 9.17) is 18.0 Å². The van der Waals surface area contributed by atoms with Gasteiger partial charge in [-0.05, 0) is 31.4 Å². The number of carbonyl (C=O) groups excluding carboxylic acids is 2. The highest BCUT2D eigenvalue weighted by molar-refractivity contribution is 7.80. The van der Waals surface area contributed by atoms with Crippen LogP contribution in [-0.2, 0) is 9.59 Å². The first kappa shape index (κ1) is 15.2. The van der Waals surface area contributed by atoms with E-state index in [1.54, 1.807) is 0 Å². The quantitative estimate of drug-likeness (QED) is 0.207. The first-order chi connectivity index (χ1) is 8.88. The van der Waals surface area contributed by atoms with Crippen molar-refractivity contribution in [2.75, 3.05) is 6.54 Å². The van der Waals surface area contributed by atoms with Crippen molar-refractivity contribution in [1.29, 1.82) is 0 Å². The molecule has 0 bridgehead atoms. The van der Waals surface area contributed by atoms with Crippen molar-refractivity contribution in [3.8, 4) is 0 Å². The molecular formula is C10H13N5O2S2. The van der Waals surface area contributed by atoms with Crippen molar-refractivity contribution in [2.45, 2.75) is 6.92 Å². The van der Waals surface area contributed by atoms with Crippen molar-refractivity contribution in [3.05, 3.63) is 12.7 Å². The van der Waals surface area contributed by atoms with Crippen LogP contribution in [0.1, 0.15) is 6.92 Å². The van der Waals surface area contributed by atoms with Crippen LogP contribution in [0.3, 0.4) is 0 Å². The van der Waals surface area contributed by atoms with Crippen LogP contribution < -0.4 is 16.5 Å². The van der Waals surface area contributed by atoms with E-state index >= 15 is 0 Å². The van der Waals surface area contributed by atoms with E-state index in [9.17, 15) is 9.59 Å². The van der Waals surface area contributed by atoms with Gasteiger partial charge in [0.05, 0.1) is 5.71 Å². The molecule has 1 saturated heterocycles. The molecule has 19 heavy (non-hydrogen) atoms. The molecule has 0 spiro atoms. The van der Waals surface area contributed by atoms with E-state index in [0.717, 1.165) is 0 Å². The van der Waals surface area contributed by atoms with Crippen molar-refractivity contribution < 1.29 is 9.59 Å². The fourth-order valence-electron chi connectivity index (χ4n) is 1.49. The third-order valence-corrected chi connectivity index (χ3v) is 2.74. The maximum atomic E-state index is 12.2. The maximum Gasteiger partial charge on any atom is 0.247 e. The van der Waals surface area contributed by atoms with Crippen LogP contribution in [0.2, 0.25) is 0 Å². The molecule has 1 heterocycles. The van der Waals surface area contributed by atoms with Gasteiger partial charge in [-0.1, -0.05) is 6.08 Å². The molecule has 1 aliphatic rings. The Morgan fingerprint density at radius 1 is 1.68 bits per heavy atom. The number of carbonyl (C=O) groups is 2. The van der Waals surface area contributed by atoms with Crippen LogP contribution in [0.5, 0.6) is 0 Å². The summed E-state index contributed by atoms with van der Waals surface area (Å²) in [6, 6.07) is 0. The zero-order chi connectivity index (χ0) is 14.6. The molecule has 0 radical (unpaired) electrons. The smallest absolute Gasteiger partial charge is 0.247 e. The number of nitrogens with zero attached hydrogens (tertiary/aromatic N) is 2. The number of hydrazone groups is 1. The average molecular weight is 299 g/mol. The Kier molecular flexibility index (Phi) is 5.07. The molecule has 1 rings (SSSR count). The first-order valence-electron chi connectivity index (χ1n) is 5.25. The summed E-state index contributed by atoms with van der Waals surface area (Å²) in [6.45, 7) is 5.26. The van der Waals surface area contributed by atoms with Crippen LogP contribution in [0.4, 0.5) is 0 Å². The van der Waals surface area contributed by atoms with Gasteiger partial charge in [0.25, 0.3) is 0 Å². The van der Waals surface area contributed by atoms with Crippen molar-refractivity contribution in [3.63, 3.8) is 0 Å². The standard InChI is InChI=1S/C10H13N5O2S2/c1-3-4-15-8(17)6(7(16)12-10(15)19)5(2)13-14-9(11)18/h3,6H,1,4H2,2H3,(H3,11,14,18)(H,12,16,19)/b13-5+. The molecule has 7 nitrogen and oxygen atoms in total. The van der Waals surface area contributed by atoms with Gasteiger partial charge in [0.15, 0.2) is 16.1 Å². The third-order valence-electron chi connectivity index (χ3n) is 2.32. The number of nitrogens with one attached hydrogen (secondary N) is 2. The van der Waals surface area contributed by atoms with Gasteiger partial charge in [-0.3, -0.25) is 19.9 Å². The molecule has 1 aliphatic heterocycles. The predicted molar refractivity (Wildman–Crippen MR) is 79.2 cm³/mol. The van der Waals surface area contributed by atoms with E-state index < -0.39 is 17.7 Å². The molecule has 0 saturated carbocycles. The molecule has 4 N–H and O–H groups in total. The van der Waals surface area contributed by atoms with Crippen LogP contribution in [-0.4, -0.2) is 39.2 Å². The molecule has 1 fully saturated rings. The zero-order valence-corrected chi connectivity index (χ0v) is 11.8. The topological polar surface area (TPSA) is 99.8 Å². The Balaban J connectivity index is 2.98. The van der Waals surface area contributed by atoms with Crippen molar-refractivity contribution in [1.82, 2.24) is 15.6 Å². The summed E-state index contributed by atoms with van der Waals surface area (Å²) in [5, 5.41) is 6.23. The number of nitrogens with two attached hydrogens (primary N) is 1. The molecule has 1 atom stereocenters. The second-order valence-electron chi connectivity index (χ2n) is 3.69. The SMILES string of the molecule is C=CCN1C(=O)C(/C(C)=N/NC(N)=S)C(=O)NC1=S. The molecule has 9 heteroatoms. The van der Waals surface area contributed by atoms with E-state index in [1.807, 2.05) is 0 Å². The molecule has 0 aliphatic carbocycles. The Morgan fingerprint density at radius 3 is 2.84 bits per heavy atom. The number of rotatable bonds is 4. The number of thiocarbonyl (C=S) groups is 2. The van der Waals surface area contributed by atoms with Gasteiger partial charge in [-0.25, -0.2) is 0 Å². The highest BCUT2D eigenvalue weighted by atomic mass is 32.1. The van der Waals surface area contributed by atoms with Crippen LogP contribution in [0.25, 0.3) is 0 Å². The van der Waals surface area contributed by atoms with Gasteiger partial charge in [0.2, 0.25) is 11.8 Å². The van der Waals surface area contributed by atoms with Gasteiger partial charge in [-0.15, -0.1) is 6.58 Å². The molecule has 1 unspecified atom stereocenters. The van der Waals surface area contributed by atoms with Gasteiger partial charge < -0.3 is 11.1 Å². The second-order valence-corrected chi connectivity index (χ2v) is 4.52. The molecular weight excluding hydrogens is 286 g/mol. The summed E-state index contributed by atoms with van der Waals surface area (Å²) in [7, 11) is 0. The largest absolute Gasteiger partial charge is 0.375 e. The summed E-state index contributed by atoms with van der Waals surface area (Å²) in [4.78, 5) is 25.2. The molecule has 0 aromatic carbocycles. The zero-order valence-electron chi connectivity index (χ0n) is 10.2.